The fourth-order valence-corrected chi connectivity index (χ4v) is 9.10. The van der Waals surface area contributed by atoms with Crippen molar-refractivity contribution in [3.63, 3.8) is 0 Å². The third-order valence-electron chi connectivity index (χ3n) is 12.9. The Kier molecular flexibility index (Phi) is 47.8. The Bertz CT molecular complexity index is 1170. The molecule has 66 heavy (non-hydrogen) atoms. The number of hydrogen-bond acceptors (Lipinski definition) is 5. The predicted octanol–water partition coefficient (Wildman–Crippen LogP) is 17.0. The number of rotatable bonds is 52. The number of aliphatic hydroxyl groups is 1. The normalized spacial score (nSPS) is 14.2. The van der Waals surface area contributed by atoms with Gasteiger partial charge in [-0.15, -0.1) is 0 Å². The summed E-state index contributed by atoms with van der Waals surface area (Å²) in [6.45, 7) is 4.81. The van der Waals surface area contributed by atoms with E-state index in [-0.39, 0.29) is 19.1 Å². The van der Waals surface area contributed by atoms with Gasteiger partial charge in [-0.3, -0.25) is 13.8 Å². The van der Waals surface area contributed by atoms with E-state index in [0.29, 0.717) is 17.4 Å². The van der Waals surface area contributed by atoms with E-state index in [2.05, 4.69) is 43.5 Å². The first-order chi connectivity index (χ1) is 32.0. The molecule has 0 radical (unpaired) electrons. The highest BCUT2D eigenvalue weighted by atomic mass is 31.2. The summed E-state index contributed by atoms with van der Waals surface area (Å²) in [7, 11) is 1.57. The Hall–Kier alpha value is -1.28. The van der Waals surface area contributed by atoms with Gasteiger partial charge >= 0.3 is 7.82 Å². The second-order valence-corrected chi connectivity index (χ2v) is 22.1. The van der Waals surface area contributed by atoms with Crippen LogP contribution in [0.25, 0.3) is 0 Å². The van der Waals surface area contributed by atoms with E-state index in [1.807, 2.05) is 27.2 Å². The molecule has 3 unspecified atom stereocenters. The molecule has 0 aliphatic heterocycles. The number of hydrogen-bond donors (Lipinski definition) is 3. The van der Waals surface area contributed by atoms with E-state index in [1.165, 1.54) is 199 Å². The van der Waals surface area contributed by atoms with Gasteiger partial charge in [0.2, 0.25) is 5.91 Å². The number of phosphoric ester groups is 1. The van der Waals surface area contributed by atoms with E-state index in [0.717, 1.165) is 51.4 Å². The summed E-state index contributed by atoms with van der Waals surface area (Å²) < 4.78 is 23.7. The molecule has 0 heterocycles. The quantitative estimate of drug-likeness (QED) is 0.0243. The first-order valence-electron chi connectivity index (χ1n) is 28.4. The Morgan fingerprint density at radius 2 is 0.864 bits per heavy atom. The average molecular weight is 953 g/mol. The molecular formula is C57H112N2O6P+. The van der Waals surface area contributed by atoms with Crippen LogP contribution in [-0.4, -0.2) is 73.4 Å². The molecule has 0 aliphatic rings. The zero-order chi connectivity index (χ0) is 48.5. The summed E-state index contributed by atoms with van der Waals surface area (Å²) in [5, 5.41) is 13.9. The predicted molar refractivity (Wildman–Crippen MR) is 286 cm³/mol. The molecule has 0 aromatic rings. The standard InChI is InChI=1S/C57H111N2O6P/c1-6-8-10-12-14-16-18-20-22-24-25-26-27-28-29-30-31-32-33-35-36-38-40-42-44-46-48-50-56(60)55(54-65-66(62,63)64-53-52-59(3,4)5)58-57(61)51-49-47-45-43-41-39-37-34-23-21-19-17-15-13-11-9-7-2/h15,17,21,23,48,50,55-56,60H,6-14,16,18-20,22,24-47,49,51-54H2,1-5H3,(H-,58,61,62,63)/p+1/b17-15-,23-21-,50-48+. The van der Waals surface area contributed by atoms with Crippen molar-refractivity contribution in [2.45, 2.75) is 283 Å². The molecule has 3 N–H and O–H groups in total. The number of nitrogens with one attached hydrogen (secondary N) is 1. The number of nitrogens with zero attached hydrogens (tertiary/aromatic N) is 1. The first kappa shape index (κ1) is 64.7. The second-order valence-electron chi connectivity index (χ2n) is 20.7. The zero-order valence-electron chi connectivity index (χ0n) is 44.4. The fourth-order valence-electron chi connectivity index (χ4n) is 8.37. The van der Waals surface area contributed by atoms with Crippen LogP contribution in [0.3, 0.4) is 0 Å². The van der Waals surface area contributed by atoms with Crippen LogP contribution in [0.15, 0.2) is 36.5 Å². The maximum Gasteiger partial charge on any atom is 0.472 e. The van der Waals surface area contributed by atoms with Crippen molar-refractivity contribution in [2.75, 3.05) is 40.9 Å². The molecule has 0 rings (SSSR count). The number of aliphatic hydroxyl groups excluding tert-OH is 1. The van der Waals surface area contributed by atoms with Crippen molar-refractivity contribution < 1.29 is 32.9 Å². The molecule has 0 saturated carbocycles. The largest absolute Gasteiger partial charge is 0.472 e. The second kappa shape index (κ2) is 48.7. The SMILES string of the molecule is CCCCC/C=C\C/C=C\CCCCCCCCCC(=O)NC(COP(=O)(O)OCC[N+](C)(C)C)C(O)/C=C/CCCCCCCCCCCCCCCCCCCCCCCCCCC. The highest BCUT2D eigenvalue weighted by Gasteiger charge is 2.27. The molecular weight excluding hydrogens is 840 g/mol. The lowest BCUT2D eigenvalue weighted by Crippen LogP contribution is -2.45. The molecule has 0 bridgehead atoms. The Morgan fingerprint density at radius 3 is 1.27 bits per heavy atom. The number of quaternary nitrogens is 1. The van der Waals surface area contributed by atoms with Crippen LogP contribution in [0, 0.1) is 0 Å². The van der Waals surface area contributed by atoms with Gasteiger partial charge in [-0.05, 0) is 51.4 Å². The molecule has 0 fully saturated rings. The zero-order valence-corrected chi connectivity index (χ0v) is 45.3. The van der Waals surface area contributed by atoms with Crippen LogP contribution in [0.2, 0.25) is 0 Å². The van der Waals surface area contributed by atoms with Crippen molar-refractivity contribution in [3.05, 3.63) is 36.5 Å². The minimum Gasteiger partial charge on any atom is -0.387 e. The molecule has 3 atom stereocenters. The molecule has 0 spiro atoms. The van der Waals surface area contributed by atoms with Gasteiger partial charge < -0.3 is 19.8 Å². The van der Waals surface area contributed by atoms with E-state index in [9.17, 15) is 19.4 Å². The van der Waals surface area contributed by atoms with Crippen LogP contribution < -0.4 is 5.32 Å². The van der Waals surface area contributed by atoms with Gasteiger partial charge in [0.15, 0.2) is 0 Å². The molecule has 390 valence electrons. The topological polar surface area (TPSA) is 105 Å². The van der Waals surface area contributed by atoms with Crippen LogP contribution in [0.4, 0.5) is 0 Å². The first-order valence-corrected chi connectivity index (χ1v) is 29.9. The summed E-state index contributed by atoms with van der Waals surface area (Å²) in [6, 6.07) is -0.851. The van der Waals surface area contributed by atoms with Gasteiger partial charge in [0.05, 0.1) is 39.9 Å². The van der Waals surface area contributed by atoms with Gasteiger partial charge in [-0.2, -0.15) is 0 Å². The number of unbranched alkanes of at least 4 members (excludes halogenated alkanes) is 35. The van der Waals surface area contributed by atoms with Gasteiger partial charge in [-0.25, -0.2) is 4.57 Å². The van der Waals surface area contributed by atoms with E-state index in [1.54, 1.807) is 6.08 Å². The Balaban J connectivity index is 4.19. The number of allylic oxidation sites excluding steroid dienone is 5. The molecule has 8 nitrogen and oxygen atoms in total. The summed E-state index contributed by atoms with van der Waals surface area (Å²) in [5.74, 6) is -0.183. The number of likely N-dealkylation sites (N-methyl/N-ethyl adjacent to an activating group) is 1. The highest BCUT2D eigenvalue weighted by Crippen LogP contribution is 2.43. The van der Waals surface area contributed by atoms with Crippen LogP contribution >= 0.6 is 7.82 Å². The summed E-state index contributed by atoms with van der Waals surface area (Å²) in [5.41, 5.74) is 0. The van der Waals surface area contributed by atoms with Crippen LogP contribution in [0.5, 0.6) is 0 Å². The monoisotopic (exact) mass is 952 g/mol. The summed E-state index contributed by atoms with van der Waals surface area (Å²) >= 11 is 0. The number of phosphoric acid groups is 1. The third kappa shape index (κ3) is 50.6. The van der Waals surface area contributed by atoms with Gasteiger partial charge in [0.25, 0.3) is 0 Å². The number of amides is 1. The Morgan fingerprint density at radius 1 is 0.515 bits per heavy atom. The van der Waals surface area contributed by atoms with E-state index in [4.69, 9.17) is 9.05 Å². The van der Waals surface area contributed by atoms with Crippen LogP contribution in [0.1, 0.15) is 271 Å². The Labute approximate surface area is 410 Å². The number of carbonyl (C=O) groups excluding carboxylic acids is 1. The van der Waals surface area contributed by atoms with Gasteiger partial charge in [0.1, 0.15) is 13.2 Å². The lowest BCUT2D eigenvalue weighted by molar-refractivity contribution is -0.870. The summed E-state index contributed by atoms with van der Waals surface area (Å²) in [4.78, 5) is 23.3. The molecule has 0 saturated heterocycles. The fraction of sp³-hybridized carbons (Fsp3) is 0.877. The van der Waals surface area contributed by atoms with E-state index < -0.39 is 20.0 Å². The highest BCUT2D eigenvalue weighted by molar-refractivity contribution is 7.47. The van der Waals surface area contributed by atoms with E-state index >= 15 is 0 Å². The number of carbonyl (C=O) groups is 1. The molecule has 0 aromatic carbocycles. The lowest BCUT2D eigenvalue weighted by Gasteiger charge is -2.25. The minimum absolute atomic E-state index is 0.0601. The third-order valence-corrected chi connectivity index (χ3v) is 13.8. The maximum atomic E-state index is 12.9. The van der Waals surface area contributed by atoms with Crippen molar-refractivity contribution in [2.24, 2.45) is 0 Å². The van der Waals surface area contributed by atoms with Crippen LogP contribution in [-0.2, 0) is 18.4 Å². The van der Waals surface area contributed by atoms with Crippen molar-refractivity contribution in [1.82, 2.24) is 5.32 Å². The van der Waals surface area contributed by atoms with Crippen molar-refractivity contribution in [1.29, 1.82) is 0 Å². The molecule has 9 heteroatoms. The molecule has 1 amide bonds. The van der Waals surface area contributed by atoms with Gasteiger partial charge in [0, 0.05) is 6.42 Å². The maximum absolute atomic E-state index is 12.9. The van der Waals surface area contributed by atoms with Crippen molar-refractivity contribution in [3.8, 4) is 0 Å². The molecule has 0 aliphatic carbocycles. The van der Waals surface area contributed by atoms with Gasteiger partial charge in [-0.1, -0.05) is 249 Å². The minimum atomic E-state index is -4.35. The average Bonchev–Trinajstić information content (AvgIpc) is 3.28. The molecule has 0 aromatic heterocycles. The lowest BCUT2D eigenvalue weighted by atomic mass is 10.0. The van der Waals surface area contributed by atoms with Crippen molar-refractivity contribution >= 4 is 13.7 Å². The summed E-state index contributed by atoms with van der Waals surface area (Å²) in [6.07, 6.45) is 62.4. The smallest absolute Gasteiger partial charge is 0.387 e.